The minimum absolute atomic E-state index is 0.103. The topological polar surface area (TPSA) is 237 Å². The standard InChI is InChI=1S/C67H130O17P2/c1-6-9-12-15-17-18-19-20-21-22-23-24-25-26-27-28-29-34-38-43-48-53-67(72)84-63(57-78-65(70)51-46-41-37-33-31-30-32-36-40-44-49-60(4)5)59-82-86(75,76)80-55-61(68)54-79-85(73,74)81-58-62(56-77-64(69)50-45-39-14-11-8-3)83-66(71)52-47-42-35-16-13-10-7-2/h60-63,68H,6-59H2,1-5H3,(H,73,74)(H,75,76)/t61-,62+,63+/m0/s1. The van der Waals surface area contributed by atoms with E-state index in [0.29, 0.717) is 25.7 Å². The Balaban J connectivity index is 5.07. The van der Waals surface area contributed by atoms with Gasteiger partial charge in [0, 0.05) is 25.7 Å². The largest absolute Gasteiger partial charge is 0.472 e. The summed E-state index contributed by atoms with van der Waals surface area (Å²) in [6.07, 6.45) is 46.6. The van der Waals surface area contributed by atoms with Gasteiger partial charge in [-0.1, -0.05) is 291 Å². The van der Waals surface area contributed by atoms with Gasteiger partial charge in [-0.05, 0) is 31.6 Å². The summed E-state index contributed by atoms with van der Waals surface area (Å²) in [4.78, 5) is 71.9. The minimum atomic E-state index is -4.95. The third-order valence-corrected chi connectivity index (χ3v) is 17.4. The first kappa shape index (κ1) is 84.1. The molecule has 5 atom stereocenters. The van der Waals surface area contributed by atoms with E-state index in [-0.39, 0.29) is 25.7 Å². The Labute approximate surface area is 524 Å². The number of aliphatic hydroxyl groups excluding tert-OH is 1. The van der Waals surface area contributed by atoms with Crippen molar-refractivity contribution in [1.29, 1.82) is 0 Å². The first-order valence-electron chi connectivity index (χ1n) is 35.1. The van der Waals surface area contributed by atoms with Crippen LogP contribution in [0.1, 0.15) is 343 Å². The molecule has 0 heterocycles. The highest BCUT2D eigenvalue weighted by Crippen LogP contribution is 2.45. The van der Waals surface area contributed by atoms with Crippen LogP contribution in [0.5, 0.6) is 0 Å². The summed E-state index contributed by atoms with van der Waals surface area (Å²) in [5.74, 6) is -1.39. The first-order chi connectivity index (χ1) is 41.5. The van der Waals surface area contributed by atoms with E-state index in [0.717, 1.165) is 115 Å². The number of phosphoric ester groups is 2. The molecule has 0 rings (SSSR count). The monoisotopic (exact) mass is 1270 g/mol. The molecule has 0 bridgehead atoms. The molecule has 0 aromatic rings. The van der Waals surface area contributed by atoms with Crippen molar-refractivity contribution < 1.29 is 80.2 Å². The van der Waals surface area contributed by atoms with E-state index in [1.807, 2.05) is 0 Å². The van der Waals surface area contributed by atoms with E-state index in [4.69, 9.17) is 37.0 Å². The third-order valence-electron chi connectivity index (χ3n) is 15.5. The van der Waals surface area contributed by atoms with Crippen LogP contribution in [0.3, 0.4) is 0 Å². The zero-order valence-electron chi connectivity index (χ0n) is 55.4. The van der Waals surface area contributed by atoms with E-state index in [9.17, 15) is 43.2 Å². The van der Waals surface area contributed by atoms with Crippen molar-refractivity contribution in [2.45, 2.75) is 361 Å². The number of hydrogen-bond donors (Lipinski definition) is 3. The molecule has 0 saturated carbocycles. The lowest BCUT2D eigenvalue weighted by Gasteiger charge is -2.21. The molecule has 2 unspecified atom stereocenters. The van der Waals surface area contributed by atoms with Gasteiger partial charge in [0.25, 0.3) is 0 Å². The fourth-order valence-electron chi connectivity index (χ4n) is 10.1. The molecule has 86 heavy (non-hydrogen) atoms. The van der Waals surface area contributed by atoms with Crippen molar-refractivity contribution in [3.8, 4) is 0 Å². The fourth-order valence-corrected chi connectivity index (χ4v) is 11.7. The van der Waals surface area contributed by atoms with Crippen molar-refractivity contribution in [2.75, 3.05) is 39.6 Å². The maximum absolute atomic E-state index is 13.0. The van der Waals surface area contributed by atoms with Crippen LogP contribution in [0.4, 0.5) is 0 Å². The summed E-state index contributed by atoms with van der Waals surface area (Å²) in [6, 6.07) is 0. The van der Waals surface area contributed by atoms with Gasteiger partial charge in [0.1, 0.15) is 19.3 Å². The second kappa shape index (κ2) is 60.6. The van der Waals surface area contributed by atoms with Crippen molar-refractivity contribution in [3.63, 3.8) is 0 Å². The molecular weight excluding hydrogens is 1140 g/mol. The van der Waals surface area contributed by atoms with E-state index in [2.05, 4.69) is 34.6 Å². The molecule has 510 valence electrons. The van der Waals surface area contributed by atoms with Gasteiger partial charge in [-0.3, -0.25) is 37.3 Å². The first-order valence-corrected chi connectivity index (χ1v) is 38.1. The minimum Gasteiger partial charge on any atom is -0.462 e. The Bertz CT molecular complexity index is 1670. The van der Waals surface area contributed by atoms with Crippen LogP contribution in [0, 0.1) is 5.92 Å². The number of rotatable bonds is 67. The van der Waals surface area contributed by atoms with Gasteiger partial charge in [0.15, 0.2) is 12.2 Å². The molecule has 0 amide bonds. The van der Waals surface area contributed by atoms with E-state index in [1.54, 1.807) is 0 Å². The van der Waals surface area contributed by atoms with Crippen molar-refractivity contribution in [2.24, 2.45) is 5.92 Å². The summed E-state index contributed by atoms with van der Waals surface area (Å²) in [5, 5.41) is 10.5. The molecule has 0 saturated heterocycles. The van der Waals surface area contributed by atoms with Crippen LogP contribution < -0.4 is 0 Å². The second-order valence-electron chi connectivity index (χ2n) is 24.7. The number of phosphoric acid groups is 2. The number of aliphatic hydroxyl groups is 1. The number of unbranched alkanes of at least 4 members (excludes halogenated alkanes) is 39. The maximum atomic E-state index is 13.0. The third kappa shape index (κ3) is 60.9. The summed E-state index contributed by atoms with van der Waals surface area (Å²) in [7, 11) is -9.88. The molecule has 0 aromatic carbocycles. The van der Waals surface area contributed by atoms with Crippen LogP contribution >= 0.6 is 15.6 Å². The van der Waals surface area contributed by atoms with Crippen molar-refractivity contribution >= 4 is 39.5 Å². The van der Waals surface area contributed by atoms with Gasteiger partial charge < -0.3 is 33.8 Å². The highest BCUT2D eigenvalue weighted by atomic mass is 31.2. The number of carbonyl (C=O) groups excluding carboxylic acids is 4. The average molecular weight is 1270 g/mol. The summed E-state index contributed by atoms with van der Waals surface area (Å²) < 4.78 is 67.8. The lowest BCUT2D eigenvalue weighted by Crippen LogP contribution is -2.30. The van der Waals surface area contributed by atoms with E-state index in [1.165, 1.54) is 148 Å². The highest BCUT2D eigenvalue weighted by molar-refractivity contribution is 7.47. The average Bonchev–Trinajstić information content (AvgIpc) is 3.58. The maximum Gasteiger partial charge on any atom is 0.472 e. The quantitative estimate of drug-likeness (QED) is 0.0222. The summed E-state index contributed by atoms with van der Waals surface area (Å²) >= 11 is 0. The van der Waals surface area contributed by atoms with Gasteiger partial charge in [-0.2, -0.15) is 0 Å². The van der Waals surface area contributed by atoms with Crippen LogP contribution in [0.15, 0.2) is 0 Å². The van der Waals surface area contributed by atoms with E-state index < -0.39 is 97.5 Å². The SMILES string of the molecule is CCCCCCCCCCCCCCCCCCCCCCCC(=O)O[C@H](COC(=O)CCCCCCCCCCCCC(C)C)COP(=O)(O)OC[C@@H](O)COP(=O)(O)OC[C@@H](COC(=O)CCCCCCC)OC(=O)CCCCCCCCC. The summed E-state index contributed by atoms with van der Waals surface area (Å²) in [5.41, 5.74) is 0. The summed E-state index contributed by atoms with van der Waals surface area (Å²) in [6.45, 7) is 7.08. The van der Waals surface area contributed by atoms with Crippen LogP contribution in [-0.2, 0) is 65.4 Å². The molecular formula is C67H130O17P2. The number of hydrogen-bond acceptors (Lipinski definition) is 15. The highest BCUT2D eigenvalue weighted by Gasteiger charge is 2.30. The van der Waals surface area contributed by atoms with E-state index >= 15 is 0 Å². The van der Waals surface area contributed by atoms with Gasteiger partial charge >= 0.3 is 39.5 Å². The number of ether oxygens (including phenoxy) is 4. The molecule has 0 aliphatic carbocycles. The second-order valence-corrected chi connectivity index (χ2v) is 27.6. The Morgan fingerprint density at radius 3 is 0.791 bits per heavy atom. The normalized spacial score (nSPS) is 14.2. The molecule has 17 nitrogen and oxygen atoms in total. The molecule has 3 N–H and O–H groups in total. The Hall–Kier alpha value is -1.94. The molecule has 0 fully saturated rings. The number of carbonyl (C=O) groups is 4. The zero-order valence-corrected chi connectivity index (χ0v) is 57.2. The van der Waals surface area contributed by atoms with Crippen molar-refractivity contribution in [1.82, 2.24) is 0 Å². The number of esters is 4. The Morgan fingerprint density at radius 1 is 0.314 bits per heavy atom. The predicted octanol–water partition coefficient (Wildman–Crippen LogP) is 19.0. The molecule has 0 spiro atoms. The molecule has 19 heteroatoms. The lowest BCUT2D eigenvalue weighted by molar-refractivity contribution is -0.161. The predicted molar refractivity (Wildman–Crippen MR) is 345 cm³/mol. The lowest BCUT2D eigenvalue weighted by atomic mass is 10.0. The van der Waals surface area contributed by atoms with Gasteiger partial charge in [-0.25, -0.2) is 9.13 Å². The van der Waals surface area contributed by atoms with Crippen molar-refractivity contribution in [3.05, 3.63) is 0 Å². The van der Waals surface area contributed by atoms with Gasteiger partial charge in [0.2, 0.25) is 0 Å². The Morgan fingerprint density at radius 2 is 0.535 bits per heavy atom. The Kier molecular flexibility index (Phi) is 59.2. The van der Waals surface area contributed by atoms with Gasteiger partial charge in [0.05, 0.1) is 26.4 Å². The van der Waals surface area contributed by atoms with Gasteiger partial charge in [-0.15, -0.1) is 0 Å². The molecule has 0 radical (unpaired) electrons. The molecule has 0 aromatic heterocycles. The molecule has 0 aliphatic heterocycles. The smallest absolute Gasteiger partial charge is 0.462 e. The van der Waals surface area contributed by atoms with Crippen LogP contribution in [0.25, 0.3) is 0 Å². The van der Waals surface area contributed by atoms with Crippen LogP contribution in [-0.4, -0.2) is 96.7 Å². The van der Waals surface area contributed by atoms with Crippen LogP contribution in [0.2, 0.25) is 0 Å². The molecule has 0 aliphatic rings. The zero-order chi connectivity index (χ0) is 63.5. The fraction of sp³-hybridized carbons (Fsp3) is 0.940.